The highest BCUT2D eigenvalue weighted by Gasteiger charge is 2.14. The molecule has 0 aliphatic rings. The molecule has 94 valence electrons. The number of alkyl halides is 1. The Morgan fingerprint density at radius 3 is 1.94 bits per heavy atom. The number of hydrogen-bond acceptors (Lipinski definition) is 2. The predicted octanol–water partition coefficient (Wildman–Crippen LogP) is 3.40. The van der Waals surface area contributed by atoms with E-state index in [9.17, 15) is 8.42 Å². The Kier molecular flexibility index (Phi) is 4.04. The fourth-order valence-electron chi connectivity index (χ4n) is 1.66. The number of sulfone groups is 1. The van der Waals surface area contributed by atoms with Crippen molar-refractivity contribution in [1.82, 2.24) is 0 Å². The first-order chi connectivity index (χ1) is 8.62. The van der Waals surface area contributed by atoms with Gasteiger partial charge in [0.2, 0.25) is 0 Å². The van der Waals surface area contributed by atoms with Gasteiger partial charge in [0.1, 0.15) is 0 Å². The van der Waals surface area contributed by atoms with E-state index in [1.807, 2.05) is 12.1 Å². The molecule has 2 aromatic carbocycles. The number of halogens is 1. The van der Waals surface area contributed by atoms with E-state index in [-0.39, 0.29) is 5.75 Å². The first-order valence-corrected chi connectivity index (χ1v) is 7.72. The van der Waals surface area contributed by atoms with Gasteiger partial charge in [-0.2, -0.15) is 0 Å². The number of rotatable bonds is 4. The van der Waals surface area contributed by atoms with Crippen LogP contribution in [0.2, 0.25) is 0 Å². The Morgan fingerprint density at radius 1 is 0.833 bits per heavy atom. The second-order valence-electron chi connectivity index (χ2n) is 4.02. The van der Waals surface area contributed by atoms with E-state index >= 15 is 0 Å². The lowest BCUT2D eigenvalue weighted by molar-refractivity contribution is 0.595. The van der Waals surface area contributed by atoms with Gasteiger partial charge in [-0.1, -0.05) is 42.5 Å². The summed E-state index contributed by atoms with van der Waals surface area (Å²) in [7, 11) is -3.27. The van der Waals surface area contributed by atoms with Crippen molar-refractivity contribution in [2.24, 2.45) is 0 Å². The van der Waals surface area contributed by atoms with Crippen LogP contribution in [-0.2, 0) is 21.5 Å². The van der Waals surface area contributed by atoms with E-state index in [0.29, 0.717) is 10.8 Å². The Balaban J connectivity index is 2.22. The Morgan fingerprint density at radius 2 is 1.39 bits per heavy atom. The van der Waals surface area contributed by atoms with Crippen molar-refractivity contribution in [1.29, 1.82) is 0 Å². The van der Waals surface area contributed by atoms with E-state index in [2.05, 4.69) is 0 Å². The molecule has 0 amide bonds. The van der Waals surface area contributed by atoms with E-state index < -0.39 is 9.84 Å². The summed E-state index contributed by atoms with van der Waals surface area (Å²) in [6, 6.07) is 15.8. The molecule has 2 rings (SSSR count). The fraction of sp³-hybridized carbons (Fsp3) is 0.143. The van der Waals surface area contributed by atoms with E-state index in [4.69, 9.17) is 11.6 Å². The molecule has 0 spiro atoms. The van der Waals surface area contributed by atoms with Gasteiger partial charge < -0.3 is 0 Å². The van der Waals surface area contributed by atoms with Gasteiger partial charge in [0.05, 0.1) is 10.6 Å². The third-order valence-corrected chi connectivity index (χ3v) is 4.65. The molecule has 18 heavy (non-hydrogen) atoms. The predicted molar refractivity (Wildman–Crippen MR) is 73.3 cm³/mol. The normalized spacial score (nSPS) is 11.4. The molecule has 0 N–H and O–H groups in total. The van der Waals surface area contributed by atoms with Crippen LogP contribution in [0.4, 0.5) is 0 Å². The highest BCUT2D eigenvalue weighted by molar-refractivity contribution is 7.90. The van der Waals surface area contributed by atoms with E-state index in [0.717, 1.165) is 11.1 Å². The molecule has 4 heteroatoms. The topological polar surface area (TPSA) is 34.1 Å². The highest BCUT2D eigenvalue weighted by atomic mass is 35.5. The van der Waals surface area contributed by atoms with Gasteiger partial charge in [-0.15, -0.1) is 11.6 Å². The lowest BCUT2D eigenvalue weighted by Crippen LogP contribution is -2.04. The van der Waals surface area contributed by atoms with E-state index in [1.54, 1.807) is 42.5 Å². The summed E-state index contributed by atoms with van der Waals surface area (Å²) >= 11 is 5.69. The van der Waals surface area contributed by atoms with Crippen molar-refractivity contribution in [3.05, 3.63) is 65.7 Å². The lowest BCUT2D eigenvalue weighted by Gasteiger charge is -2.05. The smallest absolute Gasteiger partial charge is 0.182 e. The third kappa shape index (κ3) is 3.12. The third-order valence-electron chi connectivity index (χ3n) is 2.64. The first kappa shape index (κ1) is 13.1. The molecule has 2 nitrogen and oxygen atoms in total. The molecule has 0 saturated carbocycles. The summed E-state index contributed by atoms with van der Waals surface area (Å²) in [5, 5.41) is 0. The van der Waals surface area contributed by atoms with Crippen LogP contribution >= 0.6 is 11.6 Å². The molecule has 0 radical (unpaired) electrons. The molecular weight excluding hydrogens is 268 g/mol. The zero-order valence-electron chi connectivity index (χ0n) is 9.71. The van der Waals surface area contributed by atoms with Gasteiger partial charge in [0.15, 0.2) is 9.84 Å². The van der Waals surface area contributed by atoms with Crippen LogP contribution in [0.25, 0.3) is 0 Å². The summed E-state index contributed by atoms with van der Waals surface area (Å²) in [5.74, 6) is 0.450. The van der Waals surface area contributed by atoms with Gasteiger partial charge in [0.25, 0.3) is 0 Å². The SMILES string of the molecule is O=S(=O)(Cc1ccc(CCl)cc1)c1ccccc1. The fourth-order valence-corrected chi connectivity index (χ4v) is 3.20. The summed E-state index contributed by atoms with van der Waals surface area (Å²) in [6.45, 7) is 0. The van der Waals surface area contributed by atoms with Crippen LogP contribution in [0, 0.1) is 0 Å². The van der Waals surface area contributed by atoms with Gasteiger partial charge in [0, 0.05) is 5.88 Å². The second-order valence-corrected chi connectivity index (χ2v) is 6.28. The van der Waals surface area contributed by atoms with Crippen LogP contribution in [0.1, 0.15) is 11.1 Å². The van der Waals surface area contributed by atoms with Gasteiger partial charge in [-0.3, -0.25) is 0 Å². The van der Waals surface area contributed by atoms with Crippen LogP contribution in [-0.4, -0.2) is 8.42 Å². The van der Waals surface area contributed by atoms with E-state index in [1.165, 1.54) is 0 Å². The first-order valence-electron chi connectivity index (χ1n) is 5.53. The maximum absolute atomic E-state index is 12.1. The summed E-state index contributed by atoms with van der Waals surface area (Å²) in [6.07, 6.45) is 0. The molecule has 2 aromatic rings. The lowest BCUT2D eigenvalue weighted by atomic mass is 10.2. The van der Waals surface area contributed by atoms with Crippen LogP contribution < -0.4 is 0 Å². The van der Waals surface area contributed by atoms with Crippen molar-refractivity contribution in [2.45, 2.75) is 16.5 Å². The largest absolute Gasteiger partial charge is 0.223 e. The minimum Gasteiger partial charge on any atom is -0.223 e. The molecule has 0 aromatic heterocycles. The zero-order chi connectivity index (χ0) is 13.0. The number of hydrogen-bond donors (Lipinski definition) is 0. The maximum Gasteiger partial charge on any atom is 0.182 e. The van der Waals surface area contributed by atoms with Crippen LogP contribution in [0.5, 0.6) is 0 Å². The molecule has 0 bridgehead atoms. The van der Waals surface area contributed by atoms with Crippen molar-refractivity contribution in [2.75, 3.05) is 0 Å². The van der Waals surface area contributed by atoms with Crippen molar-refractivity contribution in [3.8, 4) is 0 Å². The molecule has 0 heterocycles. The van der Waals surface area contributed by atoms with Crippen molar-refractivity contribution in [3.63, 3.8) is 0 Å². The molecule has 0 aliphatic heterocycles. The minimum absolute atomic E-state index is 0.0135. The van der Waals surface area contributed by atoms with Crippen molar-refractivity contribution >= 4 is 21.4 Å². The maximum atomic E-state index is 12.1. The van der Waals surface area contributed by atoms with Gasteiger partial charge in [-0.05, 0) is 23.3 Å². The Labute approximate surface area is 112 Å². The molecule has 0 unspecified atom stereocenters. The standard InChI is InChI=1S/C14H13ClO2S/c15-10-12-6-8-13(9-7-12)11-18(16,17)14-4-2-1-3-5-14/h1-9H,10-11H2. The summed E-state index contributed by atoms with van der Waals surface area (Å²) in [5.41, 5.74) is 1.75. The minimum atomic E-state index is -3.27. The van der Waals surface area contributed by atoms with Gasteiger partial charge in [-0.25, -0.2) is 8.42 Å². The second kappa shape index (κ2) is 5.55. The molecule has 0 atom stereocenters. The summed E-state index contributed by atoms with van der Waals surface area (Å²) < 4.78 is 24.3. The van der Waals surface area contributed by atoms with Crippen molar-refractivity contribution < 1.29 is 8.42 Å². The molecule has 0 saturated heterocycles. The Hall–Kier alpha value is -1.32. The zero-order valence-corrected chi connectivity index (χ0v) is 11.3. The highest BCUT2D eigenvalue weighted by Crippen LogP contribution is 2.16. The van der Waals surface area contributed by atoms with Gasteiger partial charge >= 0.3 is 0 Å². The molecular formula is C14H13ClO2S. The van der Waals surface area contributed by atoms with Crippen LogP contribution in [0.15, 0.2) is 59.5 Å². The average Bonchev–Trinajstić information content (AvgIpc) is 2.40. The quantitative estimate of drug-likeness (QED) is 0.805. The molecule has 0 fully saturated rings. The number of benzene rings is 2. The monoisotopic (exact) mass is 280 g/mol. The average molecular weight is 281 g/mol. The molecule has 0 aliphatic carbocycles. The van der Waals surface area contributed by atoms with Crippen LogP contribution in [0.3, 0.4) is 0 Å². The Bertz CT molecular complexity index is 604. The summed E-state index contributed by atoms with van der Waals surface area (Å²) in [4.78, 5) is 0.353.